The third kappa shape index (κ3) is 7.67. The lowest BCUT2D eigenvalue weighted by Crippen LogP contribution is -2.14. The zero-order chi connectivity index (χ0) is 104. The van der Waals surface area contributed by atoms with Crippen molar-refractivity contribution in [2.24, 2.45) is 0 Å². The summed E-state index contributed by atoms with van der Waals surface area (Å²) in [6.07, 6.45) is 0. The lowest BCUT2D eigenvalue weighted by molar-refractivity contribution is 0.660. The molecule has 19 aromatic rings. The molecule has 0 spiro atoms. The zero-order valence-electron chi connectivity index (χ0n) is 96.3. The second-order valence-corrected chi connectivity index (χ2v) is 21.4. The molecule has 0 bridgehead atoms. The molecule has 2 heteroatoms. The minimum atomic E-state index is -1.43. The van der Waals surface area contributed by atoms with Crippen molar-refractivity contribution in [3.63, 3.8) is 0 Å². The highest BCUT2D eigenvalue weighted by atomic mass is 16.3. The summed E-state index contributed by atoms with van der Waals surface area (Å²) >= 11 is 0. The molecule has 424 valence electrons. The Bertz CT molecular complexity index is 9270. The van der Waals surface area contributed by atoms with E-state index >= 15 is 0 Å². The van der Waals surface area contributed by atoms with Gasteiger partial charge in [-0.25, -0.2) is 0 Å². The first kappa shape index (κ1) is 22.5. The molecule has 0 N–H and O–H groups in total. The minimum Gasteiger partial charge on any atom is -0.456 e. The zero-order valence-corrected chi connectivity index (χ0v) is 46.3. The number of benzene rings is 17. The topological polar surface area (TPSA) is 26.3 Å². The largest absolute Gasteiger partial charge is 0.456 e. The number of hydrogen-bond acceptors (Lipinski definition) is 2. The van der Waals surface area contributed by atoms with Crippen LogP contribution in [0.3, 0.4) is 0 Å². The molecule has 1 aliphatic carbocycles. The van der Waals surface area contributed by atoms with E-state index in [9.17, 15) is 26.0 Å². The van der Waals surface area contributed by atoms with Gasteiger partial charge in [0.2, 0.25) is 0 Å². The molecular weight excluding hydrogens is 1100 g/mol. The van der Waals surface area contributed by atoms with Crippen molar-refractivity contribution < 1.29 is 77.4 Å². The summed E-state index contributed by atoms with van der Waals surface area (Å²) in [5.41, 5.74) is -9.52. The Morgan fingerprint density at radius 2 is 0.582 bits per heavy atom. The number of furan rings is 2. The van der Waals surface area contributed by atoms with E-state index in [0.29, 0.717) is 0 Å². The van der Waals surface area contributed by atoms with Gasteiger partial charge in [-0.2, -0.15) is 0 Å². The van der Waals surface area contributed by atoms with Crippen LogP contribution in [0.5, 0.6) is 0 Å². The molecule has 91 heavy (non-hydrogen) atoms. The van der Waals surface area contributed by atoms with Crippen LogP contribution in [0, 0.1) is 0 Å². The summed E-state index contributed by atoms with van der Waals surface area (Å²) in [5.74, 6) is 0. The smallest absolute Gasteiger partial charge is 0.136 e. The molecule has 0 fully saturated rings. The molecule has 17 aromatic carbocycles. The molecule has 0 aliphatic heterocycles. The summed E-state index contributed by atoms with van der Waals surface area (Å²) in [7, 11) is 0. The number of fused-ring (bicyclic) bond motifs is 20. The maximum Gasteiger partial charge on any atom is 0.136 e. The summed E-state index contributed by atoms with van der Waals surface area (Å²) in [6, 6.07) is -41.7. The standard InChI is InChI=1S/C45H30O.C44H26O/c1-45(2)38-18-10-9-13-31(38)36-25-28(19-22-39(36)45)42-32-14-5-7-16-34(32)43(35-17-8-6-15-33(35)42)29-21-23-40-37(26-29)44-30-12-4-3-11-27(30)20-24-41(44)46-40;1-4-14-31-27(11-1)21-24-41-44(31)39-26-29(22-23-40(39)45-41)42-34-17-7-9-19-36(34)43(37-20-10-8-18-35(37)42)38-25-28-12-2-3-13-30(28)32-15-5-6-16-33(32)38/h3-26H,1-2H3;1-26H/i3D,4D,5D,6D,7D,8D,9D,10D,11D,12D,13D,14D,15D,16D,17D,18D,19D,20D,21D,22D,23D,24D,25D,26D;1D,2D,3D,4D,5D,6D,7D,8D,9D,10D,11D,12D,13D,14D,15D,16D,17D,18D,19D,20D,21D,22D,23D,24D,25D,26D. The van der Waals surface area contributed by atoms with Gasteiger partial charge in [0.05, 0.1) is 68.5 Å². The minimum absolute atomic E-state index is 0.0000896. The van der Waals surface area contributed by atoms with Crippen LogP contribution in [0.25, 0.3) is 186 Å². The third-order valence-corrected chi connectivity index (χ3v) is 16.3. The highest BCUT2D eigenvalue weighted by Crippen LogP contribution is 2.53. The van der Waals surface area contributed by atoms with Crippen LogP contribution in [0.15, 0.2) is 311 Å². The van der Waals surface area contributed by atoms with Gasteiger partial charge in [-0.3, -0.25) is 0 Å². The SMILES string of the molecule is [2H]c1c(-c2c3c([2H])c([2H])c([2H])c([2H])c3c(-c3c([2H])c4c([2H])c([2H])c([2H])c([2H])c4c4c([2H])c([2H])c([2H])c([2H])c34)c3c([2H])c([2H])c([2H])c([2H])c23)c([2H])c2c(oc3c([2H])c([2H])c4c([2H])c([2H])c([2H])c([2H])c4c32)c1[2H].[2H]c1c([2H])c([2H])c2c(c1[2H])-c1c([2H])c(-c3c4c([2H])c([2H])c([2H])c([2H])c4c(-c4c([2H])c([2H])c5oc6c([2H])c([2H])c7c([2H])c([2H])c([2H])c([2H])c7c6c5c4[2H])c4c([2H])c([2H])c([2H])c([2H])c34)c([2H])c([2H])c1C2(C)C. The highest BCUT2D eigenvalue weighted by molar-refractivity contribution is 6.28. The molecule has 20 rings (SSSR count). The van der Waals surface area contributed by atoms with Crippen molar-refractivity contribution in [2.75, 3.05) is 0 Å². The fraction of sp³-hybridized carbons (Fsp3) is 0.0337. The molecule has 0 unspecified atom stereocenters. The van der Waals surface area contributed by atoms with Crippen molar-refractivity contribution >= 4 is 130 Å². The van der Waals surface area contributed by atoms with Gasteiger partial charge >= 0.3 is 0 Å². The van der Waals surface area contributed by atoms with E-state index in [0.717, 1.165) is 0 Å². The molecule has 2 nitrogen and oxygen atoms in total. The normalized spacial score (nSPS) is 20.5. The van der Waals surface area contributed by atoms with Crippen LogP contribution in [0.4, 0.5) is 0 Å². The summed E-state index contributed by atoms with van der Waals surface area (Å²) in [6.45, 7) is 3.10. The van der Waals surface area contributed by atoms with Crippen LogP contribution in [0.1, 0.15) is 93.5 Å². The predicted molar refractivity (Wildman–Crippen MR) is 387 cm³/mol. The monoisotopic (exact) mass is 1210 g/mol. The Balaban J connectivity index is 0.000000179. The van der Waals surface area contributed by atoms with Gasteiger partial charge in [-0.05, 0) is 201 Å². The first-order valence-electron chi connectivity index (χ1n) is 52.6. The molecular formula is C89H56O2. The van der Waals surface area contributed by atoms with Gasteiger partial charge in [-0.15, -0.1) is 0 Å². The van der Waals surface area contributed by atoms with E-state index in [-0.39, 0.29) is 27.6 Å². The van der Waals surface area contributed by atoms with Crippen molar-refractivity contribution in [1.29, 1.82) is 0 Å². The van der Waals surface area contributed by atoms with Crippen LogP contribution in [-0.2, 0) is 5.41 Å². The van der Waals surface area contributed by atoms with E-state index in [2.05, 4.69) is 0 Å². The van der Waals surface area contributed by atoms with Gasteiger partial charge in [-0.1, -0.05) is 268 Å². The summed E-state index contributed by atoms with van der Waals surface area (Å²) in [5, 5.41) is -11.2. The van der Waals surface area contributed by atoms with E-state index in [1.165, 1.54) is 0 Å². The first-order chi connectivity index (χ1) is 65.7. The Kier molecular flexibility index (Phi) is 4.87. The van der Waals surface area contributed by atoms with E-state index in [1.807, 2.05) is 0 Å². The van der Waals surface area contributed by atoms with Gasteiger partial charge in [0.1, 0.15) is 22.3 Å². The van der Waals surface area contributed by atoms with Crippen molar-refractivity contribution in [3.8, 4) is 55.6 Å². The molecule has 2 heterocycles. The van der Waals surface area contributed by atoms with Crippen molar-refractivity contribution in [1.82, 2.24) is 0 Å². The molecule has 0 atom stereocenters. The highest BCUT2D eigenvalue weighted by Gasteiger charge is 2.35. The maximum absolute atomic E-state index is 9.92. The van der Waals surface area contributed by atoms with Crippen molar-refractivity contribution in [3.05, 3.63) is 313 Å². The molecule has 0 amide bonds. The lowest BCUT2D eigenvalue weighted by Gasteiger charge is -2.22. The number of rotatable bonds is 4. The second-order valence-electron chi connectivity index (χ2n) is 21.4. The first-order valence-corrected chi connectivity index (χ1v) is 27.6. The lowest BCUT2D eigenvalue weighted by atomic mass is 9.81. The summed E-state index contributed by atoms with van der Waals surface area (Å²) < 4.78 is 465. The van der Waals surface area contributed by atoms with Gasteiger partial charge in [0, 0.05) is 27.0 Å². The Morgan fingerprint density at radius 1 is 0.231 bits per heavy atom. The Hall–Kier alpha value is -11.6. The predicted octanol–water partition coefficient (Wildman–Crippen LogP) is 25.4. The maximum atomic E-state index is 9.92. The van der Waals surface area contributed by atoms with Gasteiger partial charge < -0.3 is 8.83 Å². The van der Waals surface area contributed by atoms with E-state index in [1.54, 1.807) is 13.8 Å². The van der Waals surface area contributed by atoms with Crippen LogP contribution < -0.4 is 0 Å². The molecule has 1 aliphatic rings. The number of hydrogen-bond donors (Lipinski definition) is 0. The summed E-state index contributed by atoms with van der Waals surface area (Å²) in [4.78, 5) is 0. The third-order valence-electron chi connectivity index (χ3n) is 16.3. The average Bonchev–Trinajstić information content (AvgIpc) is 1.58. The average molecular weight is 1210 g/mol. The molecule has 0 saturated heterocycles. The van der Waals surface area contributed by atoms with Crippen molar-refractivity contribution in [2.45, 2.75) is 19.3 Å². The molecule has 0 saturated carbocycles. The van der Waals surface area contributed by atoms with Crippen LogP contribution in [-0.4, -0.2) is 0 Å². The fourth-order valence-corrected chi connectivity index (χ4v) is 12.3. The molecule has 2 aromatic heterocycles. The van der Waals surface area contributed by atoms with Crippen LogP contribution >= 0.6 is 0 Å². The molecule has 0 radical (unpaired) electrons. The van der Waals surface area contributed by atoms with Gasteiger partial charge in [0.25, 0.3) is 0 Å². The fourth-order valence-electron chi connectivity index (χ4n) is 12.3. The quantitative estimate of drug-likeness (QED) is 0.130. The van der Waals surface area contributed by atoms with E-state index < -0.39 is 477 Å². The second kappa shape index (κ2) is 19.7. The van der Waals surface area contributed by atoms with Crippen LogP contribution in [0.2, 0.25) is 0 Å². The Morgan fingerprint density at radius 3 is 1.08 bits per heavy atom. The van der Waals surface area contributed by atoms with Gasteiger partial charge in [0.15, 0.2) is 0 Å². The Labute approximate surface area is 595 Å². The van der Waals surface area contributed by atoms with E-state index in [4.69, 9.17) is 51.3 Å².